The van der Waals surface area contributed by atoms with Crippen molar-refractivity contribution in [3.05, 3.63) is 48.5 Å². The molecule has 3 saturated heterocycles. The van der Waals surface area contributed by atoms with E-state index in [1.165, 1.54) is 10.6 Å². The third-order valence-electron chi connectivity index (χ3n) is 3.70. The van der Waals surface area contributed by atoms with E-state index in [-0.39, 0.29) is 5.53 Å². The summed E-state index contributed by atoms with van der Waals surface area (Å²) < 4.78 is 8.47. The van der Waals surface area contributed by atoms with Gasteiger partial charge >= 0.3 is 147 Å². The first kappa shape index (κ1) is 15.8. The average molecular weight is 404 g/mol. The summed E-state index contributed by atoms with van der Waals surface area (Å²) in [5.74, 6) is 1.84. The van der Waals surface area contributed by atoms with Crippen LogP contribution in [-0.4, -0.2) is 14.2 Å². The summed E-state index contributed by atoms with van der Waals surface area (Å²) in [6, 6.07) is 17.4. The molecule has 2 bridgehead atoms. The van der Waals surface area contributed by atoms with E-state index < -0.39 is 4.21 Å². The Labute approximate surface area is 146 Å². The molecular formula is C14H14O2P2S4. The molecule has 5 rings (SSSR count). The van der Waals surface area contributed by atoms with Gasteiger partial charge in [-0.2, -0.15) is 0 Å². The molecule has 3 fully saturated rings. The van der Waals surface area contributed by atoms with E-state index in [0.29, 0.717) is 0 Å². The zero-order chi connectivity index (χ0) is 15.2. The minimum atomic E-state index is -2.18. The summed E-state index contributed by atoms with van der Waals surface area (Å²) in [5, 5.41) is 2.92. The standard InChI is InChI=1S/C14H14O2P2S4/c1-15-11-3-7-13(8-4-11)18(19-17(20-18)21-22-18)14-9-5-12(16-2)6-10-14/h3-10H,1-2H3. The Hall–Kier alpha value is 0.300. The van der Waals surface area contributed by atoms with Gasteiger partial charge in [-0.25, -0.2) is 0 Å². The molecule has 0 unspecified atom stereocenters. The third kappa shape index (κ3) is 2.15. The van der Waals surface area contributed by atoms with Gasteiger partial charge in [0.2, 0.25) is 0 Å². The normalized spacial score (nSPS) is 25.5. The first-order valence-electron chi connectivity index (χ1n) is 6.58. The maximum absolute atomic E-state index is 5.32. The van der Waals surface area contributed by atoms with Crippen molar-refractivity contribution in [2.45, 2.75) is 0 Å². The summed E-state index contributed by atoms with van der Waals surface area (Å²) in [7, 11) is 7.64. The van der Waals surface area contributed by atoms with Gasteiger partial charge < -0.3 is 0 Å². The zero-order valence-electron chi connectivity index (χ0n) is 12.0. The van der Waals surface area contributed by atoms with Crippen molar-refractivity contribution in [1.82, 2.24) is 0 Å². The molecule has 0 radical (unpaired) electrons. The molecule has 3 heterocycles. The quantitative estimate of drug-likeness (QED) is 0.453. The summed E-state index contributed by atoms with van der Waals surface area (Å²) in [4.78, 5) is 0. The second-order valence-electron chi connectivity index (χ2n) is 4.82. The SMILES string of the molecule is COc1ccc(P23(c4ccc(OC)cc4)SSP(S2)S3)cc1. The Morgan fingerprint density at radius 3 is 1.55 bits per heavy atom. The van der Waals surface area contributed by atoms with Gasteiger partial charge in [-0.15, -0.1) is 0 Å². The van der Waals surface area contributed by atoms with Crippen LogP contribution >= 0.6 is 52.6 Å². The van der Waals surface area contributed by atoms with E-state index >= 15 is 0 Å². The number of hydrogen-bond donors (Lipinski definition) is 0. The first-order valence-corrected chi connectivity index (χ1v) is 17.6. The Kier molecular flexibility index (Phi) is 4.08. The van der Waals surface area contributed by atoms with Gasteiger partial charge in [0.25, 0.3) is 0 Å². The van der Waals surface area contributed by atoms with Crippen LogP contribution in [0.4, 0.5) is 0 Å². The minimum absolute atomic E-state index is 0.0200. The second kappa shape index (κ2) is 5.68. The number of fused-ring (bicyclic) bond motifs is 1. The number of ether oxygens (including phenoxy) is 2. The van der Waals surface area contributed by atoms with E-state index in [2.05, 4.69) is 91.4 Å². The molecule has 0 aromatic heterocycles. The molecule has 0 amide bonds. The van der Waals surface area contributed by atoms with Gasteiger partial charge in [0, 0.05) is 0 Å². The van der Waals surface area contributed by atoms with Crippen LogP contribution in [0.25, 0.3) is 0 Å². The number of benzene rings is 2. The Morgan fingerprint density at radius 1 is 0.773 bits per heavy atom. The predicted octanol–water partition coefficient (Wildman–Crippen LogP) is 6.05. The van der Waals surface area contributed by atoms with Gasteiger partial charge in [-0.05, 0) is 0 Å². The second-order valence-corrected chi connectivity index (χ2v) is 30.2. The maximum atomic E-state index is 5.32. The molecule has 0 spiro atoms. The molecule has 3 aliphatic rings. The van der Waals surface area contributed by atoms with Gasteiger partial charge in [0.15, 0.2) is 0 Å². The number of methoxy groups -OCH3 is 2. The van der Waals surface area contributed by atoms with E-state index in [1.54, 1.807) is 14.2 Å². The van der Waals surface area contributed by atoms with E-state index in [9.17, 15) is 0 Å². The fourth-order valence-electron chi connectivity index (χ4n) is 2.49. The first-order chi connectivity index (χ1) is 10.7. The third-order valence-corrected chi connectivity index (χ3v) is 49.8. The topological polar surface area (TPSA) is 18.5 Å². The molecule has 2 nitrogen and oxygen atoms in total. The van der Waals surface area contributed by atoms with Crippen LogP contribution in [0.2, 0.25) is 0 Å². The van der Waals surface area contributed by atoms with E-state index in [1.807, 2.05) is 0 Å². The average Bonchev–Trinajstić information content (AvgIpc) is 3.13. The van der Waals surface area contributed by atoms with Crippen LogP contribution in [-0.2, 0) is 0 Å². The van der Waals surface area contributed by atoms with Crippen LogP contribution in [0, 0.1) is 0 Å². The van der Waals surface area contributed by atoms with Gasteiger partial charge in [-0.3, -0.25) is 0 Å². The molecule has 0 aliphatic carbocycles. The predicted molar refractivity (Wildman–Crippen MR) is 109 cm³/mol. The molecule has 0 saturated carbocycles. The van der Waals surface area contributed by atoms with Crippen molar-refractivity contribution in [2.75, 3.05) is 14.2 Å². The summed E-state index contributed by atoms with van der Waals surface area (Å²) >= 11 is 4.45. The number of hydrogen-bond acceptors (Lipinski definition) is 6. The Morgan fingerprint density at radius 2 is 1.23 bits per heavy atom. The van der Waals surface area contributed by atoms with Crippen molar-refractivity contribution >= 4 is 63.2 Å². The van der Waals surface area contributed by atoms with Crippen LogP contribution in [0.5, 0.6) is 11.5 Å². The van der Waals surface area contributed by atoms with Crippen molar-refractivity contribution in [3.63, 3.8) is 0 Å². The summed E-state index contributed by atoms with van der Waals surface area (Å²) in [6.07, 6.45) is 0. The molecule has 2 aromatic rings. The van der Waals surface area contributed by atoms with Crippen molar-refractivity contribution < 1.29 is 9.47 Å². The molecular weight excluding hydrogens is 390 g/mol. The fraction of sp³-hybridized carbons (Fsp3) is 0.143. The molecule has 0 N–H and O–H groups in total. The number of rotatable bonds is 4. The molecule has 116 valence electrons. The van der Waals surface area contributed by atoms with Gasteiger partial charge in [0.05, 0.1) is 0 Å². The monoisotopic (exact) mass is 404 g/mol. The zero-order valence-corrected chi connectivity index (χ0v) is 17.0. The van der Waals surface area contributed by atoms with Crippen molar-refractivity contribution in [1.29, 1.82) is 0 Å². The van der Waals surface area contributed by atoms with Gasteiger partial charge in [-0.1, -0.05) is 0 Å². The molecule has 2 aromatic carbocycles. The Bertz CT molecular complexity index is 642. The molecule has 3 aliphatic heterocycles. The molecule has 22 heavy (non-hydrogen) atoms. The van der Waals surface area contributed by atoms with Gasteiger partial charge in [0.1, 0.15) is 0 Å². The van der Waals surface area contributed by atoms with Crippen molar-refractivity contribution in [3.8, 4) is 11.5 Å². The van der Waals surface area contributed by atoms with Crippen molar-refractivity contribution in [2.24, 2.45) is 0 Å². The van der Waals surface area contributed by atoms with E-state index in [0.717, 1.165) is 11.5 Å². The molecule has 0 atom stereocenters. The summed E-state index contributed by atoms with van der Waals surface area (Å²) in [5.41, 5.74) is 0.0200. The summed E-state index contributed by atoms with van der Waals surface area (Å²) in [6.45, 7) is 0. The van der Waals surface area contributed by atoms with Crippen LogP contribution in [0.1, 0.15) is 0 Å². The Balaban J connectivity index is 1.84. The fourth-order valence-corrected chi connectivity index (χ4v) is 75.6. The van der Waals surface area contributed by atoms with Crippen LogP contribution < -0.4 is 20.1 Å². The molecule has 8 heteroatoms. The van der Waals surface area contributed by atoms with E-state index in [4.69, 9.17) is 9.47 Å². The van der Waals surface area contributed by atoms with Crippen LogP contribution in [0.15, 0.2) is 48.5 Å². The van der Waals surface area contributed by atoms with Crippen LogP contribution in [0.3, 0.4) is 0 Å².